The van der Waals surface area contributed by atoms with Crippen LogP contribution in [0.15, 0.2) is 36.3 Å². The summed E-state index contributed by atoms with van der Waals surface area (Å²) in [5.41, 5.74) is 0.254. The normalized spacial score (nSPS) is 14.6. The zero-order valence-electron chi connectivity index (χ0n) is 12.2. The van der Waals surface area contributed by atoms with E-state index in [-0.39, 0.29) is 18.1 Å². The van der Waals surface area contributed by atoms with Gasteiger partial charge in [0.25, 0.3) is 11.6 Å². The van der Waals surface area contributed by atoms with Crippen molar-refractivity contribution >= 4 is 23.3 Å². The highest BCUT2D eigenvalue weighted by Gasteiger charge is 2.23. The maximum atomic E-state index is 11.9. The summed E-state index contributed by atoms with van der Waals surface area (Å²) in [5, 5.41) is 13.0. The number of amides is 1. The molecule has 1 aliphatic heterocycles. The van der Waals surface area contributed by atoms with Gasteiger partial charge in [0, 0.05) is 17.8 Å². The predicted octanol–water partition coefficient (Wildman–Crippen LogP) is 1.35. The van der Waals surface area contributed by atoms with Crippen LogP contribution >= 0.6 is 0 Å². The molecule has 0 aliphatic carbocycles. The van der Waals surface area contributed by atoms with Gasteiger partial charge in [-0.15, -0.1) is 0 Å². The fourth-order valence-electron chi connectivity index (χ4n) is 1.66. The van der Waals surface area contributed by atoms with E-state index in [0.717, 1.165) is 6.26 Å². The third-order valence-electron chi connectivity index (χ3n) is 2.85. The molecule has 0 bridgehead atoms. The van der Waals surface area contributed by atoms with Crippen LogP contribution in [-0.4, -0.2) is 36.1 Å². The molecular weight excluding hydrogens is 308 g/mol. The van der Waals surface area contributed by atoms with Crippen LogP contribution in [0.4, 0.5) is 11.4 Å². The van der Waals surface area contributed by atoms with Gasteiger partial charge in [-0.3, -0.25) is 14.9 Å². The van der Waals surface area contributed by atoms with Gasteiger partial charge in [0.2, 0.25) is 5.76 Å². The van der Waals surface area contributed by atoms with Crippen LogP contribution in [0, 0.1) is 10.1 Å². The number of carbonyl (C=O) groups excluding carboxylic acids is 2. The Labute approximate surface area is 131 Å². The molecule has 0 spiro atoms. The summed E-state index contributed by atoms with van der Waals surface area (Å²) in [6.07, 6.45) is 0.0522. The van der Waals surface area contributed by atoms with Gasteiger partial charge in [-0.1, -0.05) is 0 Å². The number of rotatable bonds is 5. The highest BCUT2D eigenvalue weighted by molar-refractivity contribution is 5.96. The average molecular weight is 322 g/mol. The van der Waals surface area contributed by atoms with Gasteiger partial charge in [0.1, 0.15) is 19.5 Å². The zero-order chi connectivity index (χ0) is 16.8. The number of hydrogen-bond acceptors (Lipinski definition) is 7. The maximum Gasteiger partial charge on any atom is 0.377 e. The molecule has 0 saturated heterocycles. The van der Waals surface area contributed by atoms with E-state index >= 15 is 0 Å². The lowest BCUT2D eigenvalue weighted by Crippen LogP contribution is -2.31. The molecule has 1 unspecified atom stereocenters. The van der Waals surface area contributed by atoms with E-state index in [1.54, 1.807) is 0 Å². The van der Waals surface area contributed by atoms with Crippen LogP contribution in [0.3, 0.4) is 0 Å². The van der Waals surface area contributed by atoms with Gasteiger partial charge in [0.15, 0.2) is 6.10 Å². The lowest BCUT2D eigenvalue weighted by atomic mass is 10.2. The predicted molar refractivity (Wildman–Crippen MR) is 77.3 cm³/mol. The van der Waals surface area contributed by atoms with Crippen LogP contribution in [0.1, 0.15) is 6.92 Å². The summed E-state index contributed by atoms with van der Waals surface area (Å²) < 4.78 is 14.9. The second-order valence-corrected chi connectivity index (χ2v) is 4.54. The average Bonchev–Trinajstić information content (AvgIpc) is 2.56. The standard InChI is InChI=1S/C14H14N2O7/c1-9(23-14(18)12-8-21-6-7-22-12)13(17)15-10-2-4-11(5-3-10)16(19)20/h2-5,8-9H,6-7H2,1H3,(H,15,17). The van der Waals surface area contributed by atoms with E-state index < -0.39 is 22.9 Å². The largest absolute Gasteiger partial charge is 0.493 e. The fraction of sp³-hybridized carbons (Fsp3) is 0.286. The number of carbonyl (C=O) groups is 2. The number of esters is 1. The molecule has 1 amide bonds. The molecule has 122 valence electrons. The van der Waals surface area contributed by atoms with E-state index in [4.69, 9.17) is 14.2 Å². The molecule has 23 heavy (non-hydrogen) atoms. The fourth-order valence-corrected chi connectivity index (χ4v) is 1.66. The smallest absolute Gasteiger partial charge is 0.377 e. The Morgan fingerprint density at radius 3 is 2.57 bits per heavy atom. The zero-order valence-corrected chi connectivity index (χ0v) is 12.2. The molecule has 0 fully saturated rings. The minimum atomic E-state index is -1.08. The van der Waals surface area contributed by atoms with Crippen LogP contribution < -0.4 is 5.32 Å². The van der Waals surface area contributed by atoms with Crippen molar-refractivity contribution in [1.82, 2.24) is 0 Å². The van der Waals surface area contributed by atoms with Crippen LogP contribution in [0.2, 0.25) is 0 Å². The second kappa shape index (κ2) is 7.25. The number of anilines is 1. The van der Waals surface area contributed by atoms with Crippen molar-refractivity contribution in [3.63, 3.8) is 0 Å². The quantitative estimate of drug-likeness (QED) is 0.494. The lowest BCUT2D eigenvalue weighted by molar-refractivity contribution is -0.384. The van der Waals surface area contributed by atoms with Crippen molar-refractivity contribution < 1.29 is 28.7 Å². The summed E-state index contributed by atoms with van der Waals surface area (Å²) in [5.74, 6) is -1.49. The number of ether oxygens (including phenoxy) is 3. The number of hydrogen-bond donors (Lipinski definition) is 1. The topological polar surface area (TPSA) is 117 Å². The summed E-state index contributed by atoms with van der Waals surface area (Å²) in [6, 6.07) is 5.27. The summed E-state index contributed by atoms with van der Waals surface area (Å²) in [7, 11) is 0. The minimum absolute atomic E-state index is 0.0936. The Hall–Kier alpha value is -3.10. The minimum Gasteiger partial charge on any atom is -0.493 e. The first-order valence-corrected chi connectivity index (χ1v) is 6.68. The lowest BCUT2D eigenvalue weighted by Gasteiger charge is -2.17. The van der Waals surface area contributed by atoms with E-state index in [1.807, 2.05) is 0 Å². The third-order valence-corrected chi connectivity index (χ3v) is 2.85. The highest BCUT2D eigenvalue weighted by Crippen LogP contribution is 2.16. The maximum absolute atomic E-state index is 11.9. The van der Waals surface area contributed by atoms with Crippen LogP contribution in [-0.2, 0) is 23.8 Å². The van der Waals surface area contributed by atoms with Gasteiger partial charge < -0.3 is 19.5 Å². The molecule has 2 rings (SSSR count). The van der Waals surface area contributed by atoms with Gasteiger partial charge in [0.05, 0.1) is 4.92 Å². The van der Waals surface area contributed by atoms with E-state index in [1.165, 1.54) is 31.2 Å². The third kappa shape index (κ3) is 4.43. The van der Waals surface area contributed by atoms with Crippen molar-refractivity contribution in [3.05, 3.63) is 46.4 Å². The number of nitrogens with one attached hydrogen (secondary N) is 1. The molecule has 1 heterocycles. The Bertz CT molecular complexity index is 639. The summed E-state index contributed by atoms with van der Waals surface area (Å²) in [6.45, 7) is 1.96. The Morgan fingerprint density at radius 1 is 1.30 bits per heavy atom. The number of nitro benzene ring substituents is 1. The van der Waals surface area contributed by atoms with Gasteiger partial charge in [-0.05, 0) is 19.1 Å². The van der Waals surface area contributed by atoms with Crippen molar-refractivity contribution in [1.29, 1.82) is 0 Å². The molecule has 0 saturated carbocycles. The Kier molecular flexibility index (Phi) is 5.13. The van der Waals surface area contributed by atoms with Crippen molar-refractivity contribution in [3.8, 4) is 0 Å². The van der Waals surface area contributed by atoms with Gasteiger partial charge >= 0.3 is 5.97 Å². The molecule has 1 aromatic rings. The monoisotopic (exact) mass is 322 g/mol. The van der Waals surface area contributed by atoms with E-state index in [9.17, 15) is 19.7 Å². The first-order valence-electron chi connectivity index (χ1n) is 6.68. The van der Waals surface area contributed by atoms with Crippen molar-refractivity contribution in [2.75, 3.05) is 18.5 Å². The van der Waals surface area contributed by atoms with E-state index in [0.29, 0.717) is 12.3 Å². The highest BCUT2D eigenvalue weighted by atomic mass is 16.6. The Morgan fingerprint density at radius 2 is 2.00 bits per heavy atom. The van der Waals surface area contributed by atoms with Crippen molar-refractivity contribution in [2.45, 2.75) is 13.0 Å². The molecule has 1 atom stereocenters. The molecule has 1 N–H and O–H groups in total. The number of nitrogens with zero attached hydrogens (tertiary/aromatic N) is 1. The van der Waals surface area contributed by atoms with E-state index in [2.05, 4.69) is 5.32 Å². The van der Waals surface area contributed by atoms with Gasteiger partial charge in [-0.25, -0.2) is 4.79 Å². The molecule has 1 aliphatic rings. The first-order chi connectivity index (χ1) is 11.0. The number of benzene rings is 1. The molecule has 0 radical (unpaired) electrons. The number of non-ortho nitro benzene ring substituents is 1. The molecular formula is C14H14N2O7. The summed E-state index contributed by atoms with van der Waals surface area (Å²) >= 11 is 0. The number of nitro groups is 1. The molecule has 9 nitrogen and oxygen atoms in total. The Balaban J connectivity index is 1.90. The molecule has 9 heteroatoms. The van der Waals surface area contributed by atoms with Crippen molar-refractivity contribution in [2.24, 2.45) is 0 Å². The molecule has 1 aromatic carbocycles. The molecule has 0 aromatic heterocycles. The van der Waals surface area contributed by atoms with Crippen LogP contribution in [0.5, 0.6) is 0 Å². The SMILES string of the molecule is CC(OC(=O)C1=COCCO1)C(=O)Nc1ccc([N+](=O)[O-])cc1. The van der Waals surface area contributed by atoms with Gasteiger partial charge in [-0.2, -0.15) is 0 Å². The summed E-state index contributed by atoms with van der Waals surface area (Å²) in [4.78, 5) is 33.7. The first kappa shape index (κ1) is 16.3. The second-order valence-electron chi connectivity index (χ2n) is 4.54. The van der Waals surface area contributed by atoms with Crippen LogP contribution in [0.25, 0.3) is 0 Å².